The van der Waals surface area contributed by atoms with Gasteiger partial charge in [-0.15, -0.1) is 16.5 Å². The van der Waals surface area contributed by atoms with Crippen LogP contribution in [0.4, 0.5) is 11.4 Å². The average Bonchev–Trinajstić information content (AvgIpc) is 3.23. The third-order valence-electron chi connectivity index (χ3n) is 6.63. The number of anilines is 2. The molecule has 0 aliphatic carbocycles. The number of nitroso groups, excluding NO2 is 1. The predicted octanol–water partition coefficient (Wildman–Crippen LogP) is 0.440. The summed E-state index contributed by atoms with van der Waals surface area (Å²) in [5, 5.41) is 9.09. The minimum atomic E-state index is -1.19. The first-order valence-corrected chi connectivity index (χ1v) is 11.3. The number of rotatable bonds is 6. The van der Waals surface area contributed by atoms with Crippen LogP contribution in [0.15, 0.2) is 23.6 Å². The fraction of sp³-hybridized carbons (Fsp3) is 0.700. The van der Waals surface area contributed by atoms with E-state index in [0.717, 1.165) is 25.3 Å². The third-order valence-corrected chi connectivity index (χ3v) is 6.92. The number of nitrogens with one attached hydrogen (secondary N) is 2. The van der Waals surface area contributed by atoms with E-state index in [1.165, 1.54) is 19.4 Å². The molecular weight excluding hydrogens is 420 g/mol. The van der Waals surface area contributed by atoms with Crippen LogP contribution >= 0.6 is 11.6 Å². The van der Waals surface area contributed by atoms with Gasteiger partial charge in [0.15, 0.2) is 6.17 Å². The molecule has 10 nitrogen and oxygen atoms in total. The molecule has 0 aromatic carbocycles. The number of fused-ring (bicyclic) bond motifs is 1. The quantitative estimate of drug-likeness (QED) is 0.422. The molecule has 4 rings (SSSR count). The molecule has 3 saturated heterocycles. The van der Waals surface area contributed by atoms with Crippen LogP contribution in [0.5, 0.6) is 0 Å². The Morgan fingerprint density at radius 3 is 3.00 bits per heavy atom. The van der Waals surface area contributed by atoms with E-state index in [1.54, 1.807) is 12.4 Å². The van der Waals surface area contributed by atoms with E-state index in [9.17, 15) is 9.70 Å². The molecule has 0 spiro atoms. The second-order valence-electron chi connectivity index (χ2n) is 8.67. The number of piperazine rings is 1. The molecule has 4 unspecified atom stereocenters. The summed E-state index contributed by atoms with van der Waals surface area (Å²) in [6.07, 6.45) is 4.20. The summed E-state index contributed by atoms with van der Waals surface area (Å²) < 4.78 is 0. The molecule has 4 N–H and O–H groups in total. The van der Waals surface area contributed by atoms with Gasteiger partial charge in [0, 0.05) is 45.0 Å². The van der Waals surface area contributed by atoms with Crippen LogP contribution in [0.2, 0.25) is 0 Å². The summed E-state index contributed by atoms with van der Waals surface area (Å²) >= 11 is 6.21. The number of carbonyl (C=O) groups is 1. The lowest BCUT2D eigenvalue weighted by Crippen LogP contribution is -2.62. The van der Waals surface area contributed by atoms with Gasteiger partial charge in [0.2, 0.25) is 5.91 Å². The first-order valence-electron chi connectivity index (χ1n) is 10.9. The fourth-order valence-corrected chi connectivity index (χ4v) is 5.34. The van der Waals surface area contributed by atoms with Crippen molar-refractivity contribution in [1.82, 2.24) is 20.1 Å². The van der Waals surface area contributed by atoms with Crippen molar-refractivity contribution in [1.29, 1.82) is 0 Å². The SMILES string of the molecule is CN1CC(Cl)CNC1C(C(=O)Nc1cnccc1N1CCN2CCC[C@@H]2C1)C(N)N=O. The first kappa shape index (κ1) is 22.3. The van der Waals surface area contributed by atoms with Crippen molar-refractivity contribution in [2.24, 2.45) is 16.8 Å². The van der Waals surface area contributed by atoms with E-state index < -0.39 is 18.2 Å². The van der Waals surface area contributed by atoms with Gasteiger partial charge in [0.1, 0.15) is 5.92 Å². The molecule has 1 amide bonds. The maximum Gasteiger partial charge on any atom is 0.234 e. The molecule has 0 bridgehead atoms. The van der Waals surface area contributed by atoms with Gasteiger partial charge in [-0.3, -0.25) is 24.9 Å². The van der Waals surface area contributed by atoms with Crippen LogP contribution in [0.3, 0.4) is 0 Å². The van der Waals surface area contributed by atoms with Crippen LogP contribution in [0.25, 0.3) is 0 Å². The van der Waals surface area contributed by atoms with Gasteiger partial charge in [-0.05, 0) is 32.5 Å². The van der Waals surface area contributed by atoms with Crippen molar-refractivity contribution in [2.75, 3.05) is 56.5 Å². The number of hydrogen-bond acceptors (Lipinski definition) is 9. The predicted molar refractivity (Wildman–Crippen MR) is 121 cm³/mol. The Morgan fingerprint density at radius 2 is 2.23 bits per heavy atom. The lowest BCUT2D eigenvalue weighted by Gasteiger charge is -2.41. The number of hydrogen-bond donors (Lipinski definition) is 3. The summed E-state index contributed by atoms with van der Waals surface area (Å²) in [7, 11) is 1.85. The Kier molecular flexibility index (Phi) is 7.02. The number of aromatic nitrogens is 1. The molecule has 1 aromatic heterocycles. The minimum Gasteiger partial charge on any atom is -0.367 e. The molecule has 0 radical (unpaired) electrons. The lowest BCUT2D eigenvalue weighted by molar-refractivity contribution is -0.123. The zero-order valence-electron chi connectivity index (χ0n) is 17.8. The number of nitrogens with two attached hydrogens (primary N) is 1. The van der Waals surface area contributed by atoms with E-state index in [0.29, 0.717) is 24.8 Å². The van der Waals surface area contributed by atoms with Gasteiger partial charge >= 0.3 is 0 Å². The van der Waals surface area contributed by atoms with Gasteiger partial charge in [-0.2, -0.15) is 0 Å². The summed E-state index contributed by atoms with van der Waals surface area (Å²) in [6, 6.07) is 2.48. The highest BCUT2D eigenvalue weighted by Gasteiger charge is 2.40. The number of amides is 1. The van der Waals surface area contributed by atoms with Crippen LogP contribution in [0.1, 0.15) is 12.8 Å². The topological polar surface area (TPSA) is 119 Å². The largest absolute Gasteiger partial charge is 0.367 e. The van der Waals surface area contributed by atoms with Crippen LogP contribution in [-0.4, -0.2) is 90.8 Å². The Morgan fingerprint density at radius 1 is 1.39 bits per heavy atom. The van der Waals surface area contributed by atoms with Crippen molar-refractivity contribution >= 4 is 28.9 Å². The van der Waals surface area contributed by atoms with E-state index >= 15 is 0 Å². The molecule has 11 heteroatoms. The van der Waals surface area contributed by atoms with Crippen molar-refractivity contribution in [3.8, 4) is 0 Å². The van der Waals surface area contributed by atoms with Gasteiger partial charge in [0.05, 0.1) is 29.1 Å². The highest BCUT2D eigenvalue weighted by atomic mass is 35.5. The van der Waals surface area contributed by atoms with Gasteiger partial charge in [-0.1, -0.05) is 5.18 Å². The molecule has 3 aliphatic heterocycles. The molecule has 5 atom stereocenters. The average molecular weight is 451 g/mol. The van der Waals surface area contributed by atoms with Gasteiger partial charge < -0.3 is 16.0 Å². The zero-order valence-corrected chi connectivity index (χ0v) is 18.5. The molecule has 31 heavy (non-hydrogen) atoms. The van der Waals surface area contributed by atoms with Gasteiger partial charge in [0.25, 0.3) is 0 Å². The minimum absolute atomic E-state index is 0.0791. The molecule has 3 aliphatic rings. The second-order valence-corrected chi connectivity index (χ2v) is 9.29. The number of nitrogens with zero attached hydrogens (tertiary/aromatic N) is 5. The van der Waals surface area contributed by atoms with Gasteiger partial charge in [-0.25, -0.2) is 0 Å². The van der Waals surface area contributed by atoms with Crippen molar-refractivity contribution < 1.29 is 4.79 Å². The molecular formula is C20H31ClN8O2. The Bertz CT molecular complexity index is 798. The van der Waals surface area contributed by atoms with Crippen molar-refractivity contribution in [3.63, 3.8) is 0 Å². The van der Waals surface area contributed by atoms with Crippen molar-refractivity contribution in [2.45, 2.75) is 36.6 Å². The molecule has 4 heterocycles. The monoisotopic (exact) mass is 450 g/mol. The van der Waals surface area contributed by atoms with Crippen LogP contribution < -0.4 is 21.3 Å². The second kappa shape index (κ2) is 9.74. The molecule has 3 fully saturated rings. The smallest absolute Gasteiger partial charge is 0.234 e. The Labute approximate surface area is 187 Å². The fourth-order valence-electron chi connectivity index (χ4n) is 5.03. The summed E-state index contributed by atoms with van der Waals surface area (Å²) in [5.74, 6) is -1.23. The van der Waals surface area contributed by atoms with E-state index in [1.807, 2.05) is 18.0 Å². The highest BCUT2D eigenvalue weighted by Crippen LogP contribution is 2.31. The summed E-state index contributed by atoms with van der Waals surface area (Å²) in [4.78, 5) is 35.6. The number of pyridine rings is 1. The van der Waals surface area contributed by atoms with Crippen molar-refractivity contribution in [3.05, 3.63) is 23.4 Å². The number of carbonyl (C=O) groups excluding carboxylic acids is 1. The maximum absolute atomic E-state index is 13.3. The Hall–Kier alpha value is -1.85. The molecule has 170 valence electrons. The number of alkyl halides is 1. The maximum atomic E-state index is 13.3. The first-order chi connectivity index (χ1) is 15.0. The zero-order chi connectivity index (χ0) is 22.0. The lowest BCUT2D eigenvalue weighted by atomic mass is 9.98. The summed E-state index contributed by atoms with van der Waals surface area (Å²) in [6.45, 7) is 5.11. The van der Waals surface area contributed by atoms with E-state index in [4.69, 9.17) is 17.3 Å². The highest BCUT2D eigenvalue weighted by molar-refractivity contribution is 6.21. The Balaban J connectivity index is 1.52. The van der Waals surface area contributed by atoms with E-state index in [2.05, 4.69) is 30.6 Å². The standard InChI is InChI=1S/C20H31ClN8O2/c1-27-11-13(21)9-24-19(27)17(18(22)26-31)20(30)25-15-10-23-5-4-16(15)29-8-7-28-6-2-3-14(28)12-29/h4-5,10,13-14,17-19,24H,2-3,6-9,11-12,22H2,1H3,(H,25,30)/t13?,14-,17?,18?,19?/m1/s1. The number of halogens is 1. The molecule has 1 aromatic rings. The van der Waals surface area contributed by atoms with Crippen LogP contribution in [0, 0.1) is 10.8 Å². The summed E-state index contributed by atoms with van der Waals surface area (Å²) in [5.41, 5.74) is 7.53. The van der Waals surface area contributed by atoms with Crippen LogP contribution in [-0.2, 0) is 4.79 Å². The van der Waals surface area contributed by atoms with E-state index in [-0.39, 0.29) is 11.3 Å². The normalized spacial score (nSPS) is 29.3. The third kappa shape index (κ3) is 4.83. The molecule has 0 saturated carbocycles.